The molecule has 5 nitrogen and oxygen atoms in total. The number of tetrazole rings is 1. The molecule has 0 aliphatic carbocycles. The number of ketones is 1. The van der Waals surface area contributed by atoms with Crippen LogP contribution in [0.25, 0.3) is 0 Å². The Hall–Kier alpha value is -1.69. The standard InChI is InChI=1S/C12H14N4OS/c1-8-4-5-9(2)10(6-8)11(17)7-18-12-13-14-15-16(12)3/h4-6H,7H2,1-3H3. The van der Waals surface area contributed by atoms with Gasteiger partial charge in [-0.25, -0.2) is 4.68 Å². The van der Waals surface area contributed by atoms with Crippen LogP contribution in [-0.2, 0) is 7.05 Å². The highest BCUT2D eigenvalue weighted by Gasteiger charge is 2.12. The zero-order chi connectivity index (χ0) is 13.1. The first kappa shape index (κ1) is 12.8. The van der Waals surface area contributed by atoms with Crippen molar-refractivity contribution in [2.24, 2.45) is 7.05 Å². The molecule has 0 atom stereocenters. The van der Waals surface area contributed by atoms with Crippen LogP contribution in [0.1, 0.15) is 21.5 Å². The van der Waals surface area contributed by atoms with Gasteiger partial charge in [-0.05, 0) is 35.9 Å². The molecule has 1 aromatic carbocycles. The summed E-state index contributed by atoms with van der Waals surface area (Å²) in [4.78, 5) is 12.1. The van der Waals surface area contributed by atoms with Crippen LogP contribution in [0.3, 0.4) is 0 Å². The van der Waals surface area contributed by atoms with Crippen LogP contribution in [0.4, 0.5) is 0 Å². The second kappa shape index (κ2) is 5.30. The first-order valence-electron chi connectivity index (χ1n) is 5.53. The van der Waals surface area contributed by atoms with Crippen molar-refractivity contribution in [1.82, 2.24) is 20.2 Å². The molecule has 0 bridgehead atoms. The van der Waals surface area contributed by atoms with Gasteiger partial charge in [0.05, 0.1) is 5.75 Å². The van der Waals surface area contributed by atoms with E-state index in [0.29, 0.717) is 10.9 Å². The molecule has 18 heavy (non-hydrogen) atoms. The number of Topliss-reactive ketones (excluding diaryl/α,β-unsaturated/α-hetero) is 1. The smallest absolute Gasteiger partial charge is 0.209 e. The molecule has 2 aromatic rings. The molecule has 6 heteroatoms. The van der Waals surface area contributed by atoms with Crippen LogP contribution in [0.5, 0.6) is 0 Å². The van der Waals surface area contributed by atoms with Gasteiger partial charge in [-0.15, -0.1) is 5.10 Å². The second-order valence-corrected chi connectivity index (χ2v) is 5.06. The SMILES string of the molecule is Cc1ccc(C)c(C(=O)CSc2nnnn2C)c1. The molecule has 1 aromatic heterocycles. The molecular formula is C12H14N4OS. The highest BCUT2D eigenvalue weighted by Crippen LogP contribution is 2.17. The summed E-state index contributed by atoms with van der Waals surface area (Å²) in [6.07, 6.45) is 0. The molecule has 1 heterocycles. The fraction of sp³-hybridized carbons (Fsp3) is 0.333. The van der Waals surface area contributed by atoms with Crippen molar-refractivity contribution in [3.63, 3.8) is 0 Å². The van der Waals surface area contributed by atoms with Crippen LogP contribution in [0, 0.1) is 13.8 Å². The van der Waals surface area contributed by atoms with Crippen molar-refractivity contribution in [2.75, 3.05) is 5.75 Å². The minimum Gasteiger partial charge on any atom is -0.293 e. The van der Waals surface area contributed by atoms with Crippen LogP contribution in [-0.4, -0.2) is 31.7 Å². The monoisotopic (exact) mass is 262 g/mol. The van der Waals surface area contributed by atoms with Crippen molar-refractivity contribution in [3.05, 3.63) is 34.9 Å². The van der Waals surface area contributed by atoms with Crippen molar-refractivity contribution in [3.8, 4) is 0 Å². The Bertz CT molecular complexity index is 579. The van der Waals surface area contributed by atoms with E-state index in [-0.39, 0.29) is 5.78 Å². The van der Waals surface area contributed by atoms with Crippen molar-refractivity contribution in [2.45, 2.75) is 19.0 Å². The van der Waals surface area contributed by atoms with E-state index in [9.17, 15) is 4.79 Å². The molecule has 0 aliphatic heterocycles. The van der Waals surface area contributed by atoms with E-state index in [0.717, 1.165) is 16.7 Å². The lowest BCUT2D eigenvalue weighted by Gasteiger charge is -2.05. The average Bonchev–Trinajstić information content (AvgIpc) is 2.75. The maximum Gasteiger partial charge on any atom is 0.209 e. The Labute approximate surface area is 110 Å². The number of rotatable bonds is 4. The molecule has 0 saturated heterocycles. The van der Waals surface area contributed by atoms with E-state index in [4.69, 9.17) is 0 Å². The van der Waals surface area contributed by atoms with E-state index >= 15 is 0 Å². The minimum absolute atomic E-state index is 0.101. The maximum atomic E-state index is 12.1. The Kier molecular flexibility index (Phi) is 3.76. The number of carbonyl (C=O) groups excluding carboxylic acids is 1. The maximum absolute atomic E-state index is 12.1. The summed E-state index contributed by atoms with van der Waals surface area (Å²) in [5.74, 6) is 0.447. The first-order chi connectivity index (χ1) is 8.58. The summed E-state index contributed by atoms with van der Waals surface area (Å²) in [6.45, 7) is 3.93. The third-order valence-corrected chi connectivity index (χ3v) is 3.62. The van der Waals surface area contributed by atoms with E-state index in [1.807, 2.05) is 32.0 Å². The summed E-state index contributed by atoms with van der Waals surface area (Å²) >= 11 is 1.35. The molecule has 94 valence electrons. The number of hydrogen-bond acceptors (Lipinski definition) is 5. The fourth-order valence-electron chi connectivity index (χ4n) is 1.59. The molecule has 0 amide bonds. The Morgan fingerprint density at radius 2 is 2.17 bits per heavy atom. The normalized spacial score (nSPS) is 10.6. The van der Waals surface area contributed by atoms with Gasteiger partial charge in [-0.3, -0.25) is 4.79 Å². The van der Waals surface area contributed by atoms with Gasteiger partial charge in [0.2, 0.25) is 5.16 Å². The number of hydrogen-bond donors (Lipinski definition) is 0. The zero-order valence-electron chi connectivity index (χ0n) is 10.5. The molecule has 0 aliphatic rings. The summed E-state index contributed by atoms with van der Waals surface area (Å²) in [5, 5.41) is 11.7. The molecule has 0 saturated carbocycles. The molecule has 0 fully saturated rings. The average molecular weight is 262 g/mol. The van der Waals surface area contributed by atoms with Crippen molar-refractivity contribution < 1.29 is 4.79 Å². The van der Waals surface area contributed by atoms with E-state index < -0.39 is 0 Å². The summed E-state index contributed by atoms with van der Waals surface area (Å²) in [5.41, 5.74) is 2.87. The van der Waals surface area contributed by atoms with Gasteiger partial charge < -0.3 is 0 Å². The number of nitrogens with zero attached hydrogens (tertiary/aromatic N) is 4. The second-order valence-electron chi connectivity index (χ2n) is 4.12. The van der Waals surface area contributed by atoms with Crippen LogP contribution < -0.4 is 0 Å². The number of aromatic nitrogens is 4. The molecule has 0 radical (unpaired) electrons. The van der Waals surface area contributed by atoms with E-state index in [1.165, 1.54) is 11.8 Å². The Balaban J connectivity index is 2.08. The minimum atomic E-state index is 0.101. The number of carbonyl (C=O) groups is 1. The van der Waals surface area contributed by atoms with Gasteiger partial charge in [0.25, 0.3) is 0 Å². The Morgan fingerprint density at radius 1 is 1.39 bits per heavy atom. The van der Waals surface area contributed by atoms with E-state index in [2.05, 4.69) is 15.5 Å². The van der Waals surface area contributed by atoms with Gasteiger partial charge in [0, 0.05) is 12.6 Å². The van der Waals surface area contributed by atoms with Gasteiger partial charge in [0.1, 0.15) is 0 Å². The lowest BCUT2D eigenvalue weighted by atomic mass is 10.0. The lowest BCUT2D eigenvalue weighted by molar-refractivity contribution is 0.102. The highest BCUT2D eigenvalue weighted by molar-refractivity contribution is 7.99. The number of aryl methyl sites for hydroxylation is 3. The molecular weight excluding hydrogens is 248 g/mol. The highest BCUT2D eigenvalue weighted by atomic mass is 32.2. The Morgan fingerprint density at radius 3 is 2.83 bits per heavy atom. The predicted octanol–water partition coefficient (Wildman–Crippen LogP) is 1.80. The van der Waals surface area contributed by atoms with Crippen LogP contribution >= 0.6 is 11.8 Å². The summed E-state index contributed by atoms with van der Waals surface area (Å²) in [6, 6.07) is 5.90. The first-order valence-corrected chi connectivity index (χ1v) is 6.52. The summed E-state index contributed by atoms with van der Waals surface area (Å²) in [7, 11) is 1.75. The van der Waals surface area contributed by atoms with Gasteiger partial charge in [-0.2, -0.15) is 0 Å². The number of benzene rings is 1. The third kappa shape index (κ3) is 2.76. The topological polar surface area (TPSA) is 60.7 Å². The van der Waals surface area contributed by atoms with E-state index in [1.54, 1.807) is 11.7 Å². The molecule has 0 unspecified atom stereocenters. The molecule has 2 rings (SSSR count). The third-order valence-electron chi connectivity index (χ3n) is 2.61. The largest absolute Gasteiger partial charge is 0.293 e. The number of thioether (sulfide) groups is 1. The molecule has 0 N–H and O–H groups in total. The molecule has 0 spiro atoms. The van der Waals surface area contributed by atoms with Gasteiger partial charge in [0.15, 0.2) is 5.78 Å². The quantitative estimate of drug-likeness (QED) is 0.621. The zero-order valence-corrected chi connectivity index (χ0v) is 11.4. The fourth-order valence-corrected chi connectivity index (χ4v) is 2.32. The lowest BCUT2D eigenvalue weighted by Crippen LogP contribution is -2.06. The van der Waals surface area contributed by atoms with Crippen LogP contribution in [0.15, 0.2) is 23.4 Å². The van der Waals surface area contributed by atoms with Crippen molar-refractivity contribution >= 4 is 17.5 Å². The van der Waals surface area contributed by atoms with Gasteiger partial charge >= 0.3 is 0 Å². The van der Waals surface area contributed by atoms with Crippen LogP contribution in [0.2, 0.25) is 0 Å². The predicted molar refractivity (Wildman–Crippen MR) is 69.8 cm³/mol. The summed E-state index contributed by atoms with van der Waals surface area (Å²) < 4.78 is 1.56. The van der Waals surface area contributed by atoms with Gasteiger partial charge in [-0.1, -0.05) is 29.5 Å². The van der Waals surface area contributed by atoms with Crippen molar-refractivity contribution in [1.29, 1.82) is 0 Å².